The quantitative estimate of drug-likeness (QED) is 0.594. The molecule has 5 heteroatoms. The summed E-state index contributed by atoms with van der Waals surface area (Å²) in [7, 11) is 9.34. The van der Waals surface area contributed by atoms with Crippen LogP contribution in [-0.4, -0.2) is 19.6 Å². The molecule has 0 radical (unpaired) electrons. The van der Waals surface area contributed by atoms with Crippen LogP contribution in [0, 0.1) is 0 Å². The molecule has 2 nitrogen and oxygen atoms in total. The maximum absolute atomic E-state index is 4.67. The molecular weight excluding hydrogens is 283 g/mol. The number of halogens is 2. The maximum atomic E-state index is 4.67. The summed E-state index contributed by atoms with van der Waals surface area (Å²) in [5.41, 5.74) is 0. The third kappa shape index (κ3) is 14.3. The summed E-state index contributed by atoms with van der Waals surface area (Å²) in [5, 5.41) is 8.09. The van der Waals surface area contributed by atoms with E-state index >= 15 is 0 Å². The van der Waals surface area contributed by atoms with Crippen molar-refractivity contribution in [2.75, 3.05) is 19.6 Å². The summed E-state index contributed by atoms with van der Waals surface area (Å²) in [6.07, 6.45) is 11.8. The second-order valence-corrected chi connectivity index (χ2v) is 4.46. The monoisotopic (exact) mass is 297 g/mol. The van der Waals surface area contributed by atoms with Crippen LogP contribution < -0.4 is 0 Å². The first-order valence-electron chi connectivity index (χ1n) is 4.84. The second-order valence-electron chi connectivity index (χ2n) is 2.91. The molecule has 1 fully saturated rings. The third-order valence-corrected chi connectivity index (χ3v) is 1.78. The van der Waals surface area contributed by atoms with Crippen molar-refractivity contribution in [2.24, 2.45) is 0 Å². The first kappa shape index (κ1) is 15.3. The molecular formula is C10H16Cl2CuN2-2. The number of rotatable bonds is 0. The van der Waals surface area contributed by atoms with E-state index in [0.717, 1.165) is 32.8 Å². The average molecular weight is 299 g/mol. The first-order valence-corrected chi connectivity index (χ1v) is 7.43. The van der Waals surface area contributed by atoms with E-state index in [4.69, 9.17) is 0 Å². The van der Waals surface area contributed by atoms with Gasteiger partial charge in [0.15, 0.2) is 0 Å². The molecule has 1 saturated heterocycles. The standard InChI is InChI=1S/C5H10N.C5H6N.2ClH.Cu/c2*1-2-4-6-5-3-1;;;/h1-5H2;1-4H,5H2;2*1H;/q2*-1;;;+2/p-2. The topological polar surface area (TPSA) is 28.2 Å². The molecule has 0 bridgehead atoms. The van der Waals surface area contributed by atoms with Crippen molar-refractivity contribution >= 4 is 20.2 Å². The summed E-state index contributed by atoms with van der Waals surface area (Å²) in [6, 6.07) is 0. The molecule has 0 atom stereocenters. The Morgan fingerprint density at radius 1 is 1.00 bits per heavy atom. The summed E-state index contributed by atoms with van der Waals surface area (Å²) in [6.45, 7) is 3.11. The molecule has 15 heavy (non-hydrogen) atoms. The van der Waals surface area contributed by atoms with Crippen LogP contribution in [0.15, 0.2) is 24.4 Å². The van der Waals surface area contributed by atoms with Crippen molar-refractivity contribution in [3.05, 3.63) is 35.1 Å². The van der Waals surface area contributed by atoms with Crippen LogP contribution in [-0.2, 0) is 13.1 Å². The average Bonchev–Trinajstić information content (AvgIpc) is 2.35. The molecule has 0 amide bonds. The van der Waals surface area contributed by atoms with Gasteiger partial charge in [-0.15, -0.1) is 25.7 Å². The van der Waals surface area contributed by atoms with Gasteiger partial charge in [-0.05, 0) is 0 Å². The van der Waals surface area contributed by atoms with Gasteiger partial charge in [0.25, 0.3) is 0 Å². The van der Waals surface area contributed by atoms with Crippen molar-refractivity contribution in [1.82, 2.24) is 0 Å². The Bertz CT molecular complexity index is 147. The van der Waals surface area contributed by atoms with Crippen LogP contribution in [0.3, 0.4) is 0 Å². The molecule has 2 rings (SSSR count). The number of hydrogen-bond acceptors (Lipinski definition) is 0. The van der Waals surface area contributed by atoms with E-state index in [1.807, 2.05) is 18.2 Å². The molecule has 93 valence electrons. The van der Waals surface area contributed by atoms with Gasteiger partial charge in [0.2, 0.25) is 0 Å². The van der Waals surface area contributed by atoms with E-state index in [9.17, 15) is 0 Å². The van der Waals surface area contributed by atoms with Crippen molar-refractivity contribution in [3.8, 4) is 0 Å². The third-order valence-electron chi connectivity index (χ3n) is 1.78. The summed E-state index contributed by atoms with van der Waals surface area (Å²) >= 11 is 0.757. The van der Waals surface area contributed by atoms with E-state index in [1.165, 1.54) is 19.3 Å². The van der Waals surface area contributed by atoms with Gasteiger partial charge in [-0.25, -0.2) is 0 Å². The van der Waals surface area contributed by atoms with Crippen molar-refractivity contribution in [3.63, 3.8) is 0 Å². The minimum absolute atomic E-state index is 0.757. The Morgan fingerprint density at radius 2 is 1.67 bits per heavy atom. The number of allylic oxidation sites excluding steroid dienone is 2. The zero-order chi connectivity index (χ0) is 11.2. The normalized spacial score (nSPS) is 18.0. The summed E-state index contributed by atoms with van der Waals surface area (Å²) < 4.78 is 0. The van der Waals surface area contributed by atoms with Gasteiger partial charge in [0, 0.05) is 0 Å². The fourth-order valence-corrected chi connectivity index (χ4v) is 1.11. The Labute approximate surface area is 107 Å². The molecule has 0 aromatic rings. The molecule has 0 N–H and O–H groups in total. The molecule has 0 aromatic carbocycles. The molecule has 2 heterocycles. The van der Waals surface area contributed by atoms with Crippen LogP contribution in [0.2, 0.25) is 0 Å². The van der Waals surface area contributed by atoms with Crippen molar-refractivity contribution < 1.29 is 13.1 Å². The molecule has 2 aliphatic rings. The van der Waals surface area contributed by atoms with Crippen LogP contribution in [0.4, 0.5) is 0 Å². The van der Waals surface area contributed by atoms with E-state index < -0.39 is 0 Å². The summed E-state index contributed by atoms with van der Waals surface area (Å²) in [4.78, 5) is 0. The van der Waals surface area contributed by atoms with Gasteiger partial charge in [-0.1, -0.05) is 31.4 Å². The Hall–Kier alpha value is 0.339. The predicted octanol–water partition coefficient (Wildman–Crippen LogP) is 4.36. The van der Waals surface area contributed by atoms with Gasteiger partial charge in [-0.3, -0.25) is 0 Å². The number of nitrogens with zero attached hydrogens (tertiary/aromatic N) is 2. The van der Waals surface area contributed by atoms with Crippen LogP contribution in [0.5, 0.6) is 0 Å². The Morgan fingerprint density at radius 3 is 1.80 bits per heavy atom. The van der Waals surface area contributed by atoms with Crippen LogP contribution >= 0.6 is 20.2 Å². The fourth-order valence-electron chi connectivity index (χ4n) is 1.11. The molecule has 0 saturated carbocycles. The SMILES string of the molecule is C1=CC[N-]C=C1.C1CC[N-]CC1.[Cl][Cu][Cl]. The molecule has 0 spiro atoms. The first-order chi connectivity index (χ1) is 7.41. The van der Waals surface area contributed by atoms with E-state index in [-0.39, 0.29) is 0 Å². The Kier molecular flexibility index (Phi) is 14.7. The molecule has 2 aliphatic heterocycles. The summed E-state index contributed by atoms with van der Waals surface area (Å²) in [5.74, 6) is 0. The van der Waals surface area contributed by atoms with E-state index in [1.54, 1.807) is 6.20 Å². The predicted molar refractivity (Wildman–Crippen MR) is 65.2 cm³/mol. The van der Waals surface area contributed by atoms with Crippen molar-refractivity contribution in [2.45, 2.75) is 19.3 Å². The van der Waals surface area contributed by atoms with Gasteiger partial charge in [0.1, 0.15) is 0 Å². The molecule has 0 aliphatic carbocycles. The minimum atomic E-state index is 0.757. The Balaban J connectivity index is 0.000000210. The van der Waals surface area contributed by atoms with E-state index in [2.05, 4.69) is 30.8 Å². The zero-order valence-electron chi connectivity index (χ0n) is 8.50. The molecule has 0 aromatic heterocycles. The van der Waals surface area contributed by atoms with E-state index in [0.29, 0.717) is 0 Å². The van der Waals surface area contributed by atoms with Gasteiger partial charge >= 0.3 is 33.3 Å². The van der Waals surface area contributed by atoms with Crippen LogP contribution in [0.25, 0.3) is 10.6 Å². The van der Waals surface area contributed by atoms with Gasteiger partial charge in [-0.2, -0.15) is 6.20 Å². The molecule has 0 unspecified atom stereocenters. The van der Waals surface area contributed by atoms with Gasteiger partial charge < -0.3 is 10.6 Å². The van der Waals surface area contributed by atoms with Gasteiger partial charge in [0.05, 0.1) is 0 Å². The zero-order valence-corrected chi connectivity index (χ0v) is 11.0. The van der Waals surface area contributed by atoms with Crippen LogP contribution in [0.1, 0.15) is 19.3 Å². The number of piperidine rings is 1. The second kappa shape index (κ2) is 14.3. The van der Waals surface area contributed by atoms with Crippen molar-refractivity contribution in [1.29, 1.82) is 0 Å². The number of hydrogen-bond donors (Lipinski definition) is 0. The fraction of sp³-hybridized carbons (Fsp3) is 0.600.